The van der Waals surface area contributed by atoms with Crippen molar-refractivity contribution in [3.63, 3.8) is 0 Å². The van der Waals surface area contributed by atoms with E-state index in [4.69, 9.17) is 4.99 Å². The number of hydrogen-bond donors (Lipinski definition) is 2. The van der Waals surface area contributed by atoms with E-state index in [-0.39, 0.29) is 30.1 Å². The normalized spacial score (nSPS) is 19.4. The van der Waals surface area contributed by atoms with Crippen molar-refractivity contribution in [2.75, 3.05) is 30.3 Å². The van der Waals surface area contributed by atoms with Gasteiger partial charge in [0.2, 0.25) is 0 Å². The molecule has 3 heterocycles. The molecule has 1 spiro atoms. The molecule has 40 heavy (non-hydrogen) atoms. The fraction of sp³-hybridized carbons (Fsp3) is 0.643. The van der Waals surface area contributed by atoms with Crippen LogP contribution in [0.2, 0.25) is 0 Å². The Morgan fingerprint density at radius 2 is 1.70 bits per heavy atom. The Morgan fingerprint density at radius 1 is 1.00 bits per heavy atom. The first-order valence-electron chi connectivity index (χ1n) is 14.2. The average Bonchev–Trinajstić information content (AvgIpc) is 3.41. The second kappa shape index (κ2) is 13.4. The number of unbranched alkanes of at least 4 members (excludes halogenated alkanes) is 6. The van der Waals surface area contributed by atoms with Gasteiger partial charge in [-0.1, -0.05) is 63.5 Å². The molecule has 2 N–H and O–H groups in total. The third-order valence-electron chi connectivity index (χ3n) is 7.74. The first kappa shape index (κ1) is 30.4. The molecule has 1 aromatic rings. The van der Waals surface area contributed by atoms with Crippen molar-refractivity contribution in [3.05, 3.63) is 29.3 Å². The van der Waals surface area contributed by atoms with Gasteiger partial charge < -0.3 is 10.6 Å². The van der Waals surface area contributed by atoms with Crippen molar-refractivity contribution in [1.29, 1.82) is 0 Å². The van der Waals surface area contributed by atoms with E-state index in [1.807, 2.05) is 0 Å². The maximum atomic E-state index is 13.8. The number of imide groups is 1. The molecule has 0 aromatic heterocycles. The number of benzene rings is 1. The van der Waals surface area contributed by atoms with Gasteiger partial charge in [-0.25, -0.2) is 9.69 Å². The Balaban J connectivity index is 1.25. The van der Waals surface area contributed by atoms with Crippen LogP contribution in [0.3, 0.4) is 0 Å². The minimum absolute atomic E-state index is 0.0322. The number of amidine groups is 1. The molecule has 3 aliphatic heterocycles. The number of nitrogens with zero attached hydrogens (tertiary/aromatic N) is 3. The number of alkyl halides is 3. The smallest absolute Gasteiger partial charge is 0.328 e. The minimum atomic E-state index is -4.62. The van der Waals surface area contributed by atoms with Crippen LogP contribution in [-0.2, 0) is 22.2 Å². The zero-order chi connectivity index (χ0) is 28.8. The number of nitrogens with one attached hydrogen (secondary N) is 2. The van der Waals surface area contributed by atoms with Crippen molar-refractivity contribution in [1.82, 2.24) is 14.9 Å². The number of rotatable bonds is 13. The Labute approximate surface area is 237 Å². The Morgan fingerprint density at radius 3 is 2.35 bits per heavy atom. The fourth-order valence-corrected chi connectivity index (χ4v) is 6.44. The molecule has 12 heteroatoms. The standard InChI is InChI=1S/C28H38F3N5O3S/c1-2-3-4-5-6-7-8-9-23-33-25(38)27(34-23)13-15-35(16-14-27)40-17-12-20-10-11-21(18-22(20)28(29,30)31)36-24(37)19-32-26(36)39/h10-11,18H,2-9,12-17,19H2,1H3,(H,32,39)(H,33,34,38). The Hall–Kier alpha value is -2.60. The van der Waals surface area contributed by atoms with Crippen LogP contribution in [0.15, 0.2) is 23.2 Å². The first-order valence-corrected chi connectivity index (χ1v) is 15.2. The number of amides is 4. The van der Waals surface area contributed by atoms with E-state index in [1.165, 1.54) is 56.2 Å². The summed E-state index contributed by atoms with van der Waals surface area (Å²) in [5.41, 5.74) is -1.54. The number of aliphatic imine (C=N–C) groups is 1. The topological polar surface area (TPSA) is 94.1 Å². The van der Waals surface area contributed by atoms with E-state index < -0.39 is 29.2 Å². The maximum Gasteiger partial charge on any atom is 0.416 e. The second-order valence-electron chi connectivity index (χ2n) is 10.7. The predicted molar refractivity (Wildman–Crippen MR) is 150 cm³/mol. The summed E-state index contributed by atoms with van der Waals surface area (Å²) in [4.78, 5) is 42.1. The number of urea groups is 1. The lowest BCUT2D eigenvalue weighted by atomic mass is 9.89. The van der Waals surface area contributed by atoms with Gasteiger partial charge in [-0.05, 0) is 43.4 Å². The summed E-state index contributed by atoms with van der Waals surface area (Å²) in [5.74, 6) is 0.595. The van der Waals surface area contributed by atoms with Crippen molar-refractivity contribution in [3.8, 4) is 0 Å². The molecule has 2 saturated heterocycles. The van der Waals surface area contributed by atoms with Crippen LogP contribution in [-0.4, -0.2) is 58.9 Å². The van der Waals surface area contributed by atoms with E-state index in [2.05, 4.69) is 21.9 Å². The zero-order valence-corrected chi connectivity index (χ0v) is 23.8. The molecule has 3 aliphatic rings. The molecule has 0 saturated carbocycles. The first-order chi connectivity index (χ1) is 19.1. The van der Waals surface area contributed by atoms with E-state index in [0.29, 0.717) is 31.7 Å². The van der Waals surface area contributed by atoms with E-state index in [9.17, 15) is 27.6 Å². The summed E-state index contributed by atoms with van der Waals surface area (Å²) in [6.45, 7) is 3.23. The number of hydrogen-bond acceptors (Lipinski definition) is 6. The van der Waals surface area contributed by atoms with Gasteiger partial charge in [0.05, 0.1) is 17.8 Å². The lowest BCUT2D eigenvalue weighted by molar-refractivity contribution is -0.138. The van der Waals surface area contributed by atoms with Gasteiger partial charge in [0.1, 0.15) is 11.4 Å². The highest BCUT2D eigenvalue weighted by Crippen LogP contribution is 2.37. The zero-order valence-electron chi connectivity index (χ0n) is 22.9. The highest BCUT2D eigenvalue weighted by molar-refractivity contribution is 7.97. The van der Waals surface area contributed by atoms with Gasteiger partial charge in [-0.2, -0.15) is 13.2 Å². The lowest BCUT2D eigenvalue weighted by Crippen LogP contribution is -2.47. The van der Waals surface area contributed by atoms with Gasteiger partial charge in [-0.15, -0.1) is 0 Å². The molecule has 0 unspecified atom stereocenters. The quantitative estimate of drug-likeness (QED) is 0.183. The van der Waals surface area contributed by atoms with Gasteiger partial charge in [0.15, 0.2) is 0 Å². The summed E-state index contributed by atoms with van der Waals surface area (Å²) in [6.07, 6.45) is 5.93. The average molecular weight is 582 g/mol. The number of anilines is 1. The molecular formula is C28H38F3N5O3S. The minimum Gasteiger partial charge on any atom is -0.328 e. The molecule has 220 valence electrons. The summed E-state index contributed by atoms with van der Waals surface area (Å²) in [5, 5.41) is 5.30. The van der Waals surface area contributed by atoms with E-state index in [1.54, 1.807) is 0 Å². The number of carbonyl (C=O) groups excluding carboxylic acids is 3. The third kappa shape index (κ3) is 7.37. The highest BCUT2D eigenvalue weighted by Gasteiger charge is 2.45. The van der Waals surface area contributed by atoms with Crippen LogP contribution in [0.25, 0.3) is 0 Å². The van der Waals surface area contributed by atoms with Crippen molar-refractivity contribution in [2.24, 2.45) is 4.99 Å². The van der Waals surface area contributed by atoms with Gasteiger partial charge in [0, 0.05) is 25.3 Å². The Bertz CT molecular complexity index is 1100. The van der Waals surface area contributed by atoms with Crippen LogP contribution in [0.4, 0.5) is 23.7 Å². The van der Waals surface area contributed by atoms with Gasteiger partial charge >= 0.3 is 12.2 Å². The number of carbonyl (C=O) groups is 3. The molecular weight excluding hydrogens is 543 g/mol. The number of halogens is 3. The summed E-state index contributed by atoms with van der Waals surface area (Å²) < 4.78 is 43.5. The van der Waals surface area contributed by atoms with Crippen molar-refractivity contribution >= 4 is 41.3 Å². The predicted octanol–water partition coefficient (Wildman–Crippen LogP) is 5.46. The highest BCUT2D eigenvalue weighted by atomic mass is 32.2. The number of piperidine rings is 1. The molecule has 1 aromatic carbocycles. The van der Waals surface area contributed by atoms with Crippen LogP contribution in [0.1, 0.15) is 82.3 Å². The largest absolute Gasteiger partial charge is 0.416 e. The number of aryl methyl sites for hydroxylation is 1. The molecule has 4 rings (SSSR count). The molecule has 2 fully saturated rings. The van der Waals surface area contributed by atoms with E-state index in [0.717, 1.165) is 36.1 Å². The van der Waals surface area contributed by atoms with Crippen LogP contribution >= 0.6 is 11.9 Å². The SMILES string of the molecule is CCCCCCCCCC1=NC2(CCN(SCCc3ccc(N4C(=O)CNC4=O)cc3C(F)(F)F)CC2)C(=O)N1. The summed E-state index contributed by atoms with van der Waals surface area (Å²) >= 11 is 1.47. The molecule has 4 amide bonds. The molecule has 0 aliphatic carbocycles. The molecule has 0 bridgehead atoms. The second-order valence-corrected chi connectivity index (χ2v) is 11.8. The van der Waals surface area contributed by atoms with Crippen LogP contribution in [0.5, 0.6) is 0 Å². The summed E-state index contributed by atoms with van der Waals surface area (Å²) in [7, 11) is 0. The van der Waals surface area contributed by atoms with Crippen LogP contribution in [0, 0.1) is 0 Å². The summed E-state index contributed by atoms with van der Waals surface area (Å²) in [6, 6.07) is 2.86. The third-order valence-corrected chi connectivity index (χ3v) is 8.86. The van der Waals surface area contributed by atoms with E-state index >= 15 is 0 Å². The van der Waals surface area contributed by atoms with Gasteiger partial charge in [-0.3, -0.25) is 18.9 Å². The lowest BCUT2D eigenvalue weighted by Gasteiger charge is -2.34. The molecule has 0 atom stereocenters. The fourth-order valence-electron chi connectivity index (χ4n) is 5.43. The molecule has 8 nitrogen and oxygen atoms in total. The van der Waals surface area contributed by atoms with Gasteiger partial charge in [0.25, 0.3) is 11.8 Å². The molecule has 0 radical (unpaired) electrons. The van der Waals surface area contributed by atoms with Crippen molar-refractivity contribution in [2.45, 2.75) is 89.3 Å². The van der Waals surface area contributed by atoms with Crippen LogP contribution < -0.4 is 15.5 Å². The monoisotopic (exact) mass is 581 g/mol. The Kier molecular flexibility index (Phi) is 10.2. The maximum absolute atomic E-state index is 13.8. The van der Waals surface area contributed by atoms with Crippen molar-refractivity contribution < 1.29 is 27.6 Å².